The van der Waals surface area contributed by atoms with Gasteiger partial charge in [0.1, 0.15) is 10.8 Å². The van der Waals surface area contributed by atoms with E-state index in [9.17, 15) is 9.90 Å². The number of aryl methyl sites for hydroxylation is 1. The highest BCUT2D eigenvalue weighted by atomic mass is 32.2. The lowest BCUT2D eigenvalue weighted by atomic mass is 9.99. The molecule has 2 aromatic carbocycles. The number of fused-ring (bicyclic) bond motifs is 2. The number of carbonyl (C=O) groups excluding carboxylic acids is 1. The average molecular weight is 515 g/mol. The first kappa shape index (κ1) is 24.7. The minimum Gasteiger partial charge on any atom is -0.497 e. The Morgan fingerprint density at radius 3 is 2.70 bits per heavy atom. The highest BCUT2D eigenvalue weighted by Crippen LogP contribution is 2.42. The Labute approximate surface area is 219 Å². The molecule has 0 bridgehead atoms. The fraction of sp³-hybridized carbons (Fsp3) is 0.214. The van der Waals surface area contributed by atoms with Crippen molar-refractivity contribution >= 4 is 23.4 Å². The van der Waals surface area contributed by atoms with E-state index in [4.69, 9.17) is 19.4 Å². The van der Waals surface area contributed by atoms with Crippen LogP contribution in [0.25, 0.3) is 11.4 Å². The maximum Gasteiger partial charge on any atom is 0.237 e. The third kappa shape index (κ3) is 5.00. The fourth-order valence-electron chi connectivity index (χ4n) is 4.13. The van der Waals surface area contributed by atoms with Crippen LogP contribution in [0.3, 0.4) is 0 Å². The number of rotatable bonds is 7. The second-order valence-electron chi connectivity index (χ2n) is 8.56. The van der Waals surface area contributed by atoms with E-state index in [1.54, 1.807) is 25.3 Å². The Bertz CT molecular complexity index is 1460. The molecule has 0 saturated carbocycles. The maximum atomic E-state index is 13.0. The Balaban J connectivity index is 1.53. The predicted octanol–water partition coefficient (Wildman–Crippen LogP) is 4.80. The number of thioether (sulfide) groups is 1. The third-order valence-corrected chi connectivity index (χ3v) is 7.24. The van der Waals surface area contributed by atoms with E-state index in [0.717, 1.165) is 22.4 Å². The second kappa shape index (κ2) is 10.6. The highest BCUT2D eigenvalue weighted by molar-refractivity contribution is 8.00. The number of hydrogen-bond donors (Lipinski definition) is 1. The number of pyridine rings is 1. The van der Waals surface area contributed by atoms with Gasteiger partial charge in [0.25, 0.3) is 0 Å². The SMILES string of the molecule is COc1cccc(-c2nc3c(c(SCC(=O)N(C)c4ccccc4)n2)Cc2c(CO)cnc(C)c2O3)c1. The first-order chi connectivity index (χ1) is 18.0. The summed E-state index contributed by atoms with van der Waals surface area (Å²) in [4.78, 5) is 28.6. The molecular formula is C28H26N4O4S. The number of ether oxygens (including phenoxy) is 2. The molecule has 0 atom stereocenters. The summed E-state index contributed by atoms with van der Waals surface area (Å²) in [6, 6.07) is 17.0. The predicted molar refractivity (Wildman–Crippen MR) is 142 cm³/mol. The molecule has 5 rings (SSSR count). The maximum absolute atomic E-state index is 13.0. The summed E-state index contributed by atoms with van der Waals surface area (Å²) in [5.74, 6) is 2.31. The van der Waals surface area contributed by atoms with Crippen molar-refractivity contribution in [2.75, 3.05) is 24.8 Å². The highest BCUT2D eigenvalue weighted by Gasteiger charge is 2.28. The van der Waals surface area contributed by atoms with Gasteiger partial charge in [-0.05, 0) is 31.2 Å². The van der Waals surface area contributed by atoms with Crippen molar-refractivity contribution in [2.45, 2.75) is 25.0 Å². The summed E-state index contributed by atoms with van der Waals surface area (Å²) in [6.45, 7) is 1.71. The van der Waals surface area contributed by atoms with Crippen molar-refractivity contribution < 1.29 is 19.4 Å². The van der Waals surface area contributed by atoms with E-state index in [0.29, 0.717) is 45.9 Å². The van der Waals surface area contributed by atoms with Gasteiger partial charge in [-0.1, -0.05) is 42.1 Å². The van der Waals surface area contributed by atoms with Gasteiger partial charge >= 0.3 is 0 Å². The minimum atomic E-state index is -0.153. The molecule has 2 aromatic heterocycles. The first-order valence-corrected chi connectivity index (χ1v) is 12.7. The molecule has 3 heterocycles. The summed E-state index contributed by atoms with van der Waals surface area (Å²) >= 11 is 1.35. The molecular weight excluding hydrogens is 488 g/mol. The molecule has 1 N–H and O–H groups in total. The Kier molecular flexibility index (Phi) is 7.07. The summed E-state index contributed by atoms with van der Waals surface area (Å²) in [7, 11) is 3.37. The Hall–Kier alpha value is -3.95. The molecule has 8 nitrogen and oxygen atoms in total. The van der Waals surface area contributed by atoms with Crippen molar-refractivity contribution in [3.8, 4) is 28.8 Å². The van der Waals surface area contributed by atoms with Crippen LogP contribution in [0.1, 0.15) is 22.4 Å². The molecule has 1 amide bonds. The van der Waals surface area contributed by atoms with Crippen LogP contribution >= 0.6 is 11.8 Å². The van der Waals surface area contributed by atoms with Crippen LogP contribution in [0.5, 0.6) is 17.4 Å². The molecule has 0 radical (unpaired) electrons. The molecule has 1 aliphatic heterocycles. The minimum absolute atomic E-state index is 0.0558. The molecule has 0 spiro atoms. The molecule has 0 saturated heterocycles. The second-order valence-corrected chi connectivity index (χ2v) is 9.52. The van der Waals surface area contributed by atoms with Crippen LogP contribution in [-0.2, 0) is 17.8 Å². The summed E-state index contributed by atoms with van der Waals surface area (Å²) in [5.41, 5.74) is 4.63. The van der Waals surface area contributed by atoms with Crippen LogP contribution in [0.4, 0.5) is 5.69 Å². The summed E-state index contributed by atoms with van der Waals surface area (Å²) in [5, 5.41) is 10.5. The molecule has 0 fully saturated rings. The van der Waals surface area contributed by atoms with E-state index < -0.39 is 0 Å². The quantitative estimate of drug-likeness (QED) is 0.244. The zero-order valence-electron chi connectivity index (χ0n) is 20.8. The first-order valence-electron chi connectivity index (χ1n) is 11.7. The third-order valence-electron chi connectivity index (χ3n) is 6.24. The largest absolute Gasteiger partial charge is 0.497 e. The van der Waals surface area contributed by atoms with Crippen LogP contribution in [0.2, 0.25) is 0 Å². The van der Waals surface area contributed by atoms with Crippen LogP contribution in [0.15, 0.2) is 65.8 Å². The number of aliphatic hydroxyl groups is 1. The topological polar surface area (TPSA) is 97.7 Å². The van der Waals surface area contributed by atoms with Crippen molar-refractivity contribution in [1.29, 1.82) is 0 Å². The van der Waals surface area contributed by atoms with E-state index in [2.05, 4.69) is 4.98 Å². The zero-order chi connectivity index (χ0) is 25.9. The molecule has 0 unspecified atom stereocenters. The number of carbonyl (C=O) groups is 1. The van der Waals surface area contributed by atoms with Crippen LogP contribution < -0.4 is 14.4 Å². The number of aliphatic hydroxyl groups excluding tert-OH is 1. The van der Waals surface area contributed by atoms with Gasteiger partial charge in [0.15, 0.2) is 11.6 Å². The van der Waals surface area contributed by atoms with E-state index >= 15 is 0 Å². The Morgan fingerprint density at radius 2 is 1.95 bits per heavy atom. The number of hydrogen-bond acceptors (Lipinski definition) is 8. The molecule has 188 valence electrons. The lowest BCUT2D eigenvalue weighted by molar-refractivity contribution is -0.115. The molecule has 9 heteroatoms. The number of methoxy groups -OCH3 is 1. The van der Waals surface area contributed by atoms with Gasteiger partial charge in [-0.3, -0.25) is 9.78 Å². The van der Waals surface area contributed by atoms with Gasteiger partial charge in [-0.25, -0.2) is 4.98 Å². The fourth-order valence-corrected chi connectivity index (χ4v) is 5.07. The normalized spacial score (nSPS) is 11.8. The zero-order valence-corrected chi connectivity index (χ0v) is 21.6. The summed E-state index contributed by atoms with van der Waals surface area (Å²) < 4.78 is 11.6. The van der Waals surface area contributed by atoms with Crippen LogP contribution in [-0.4, -0.2) is 45.9 Å². The van der Waals surface area contributed by atoms with Crippen molar-refractivity contribution in [3.05, 3.63) is 83.2 Å². The number of nitrogens with zero attached hydrogens (tertiary/aromatic N) is 4. The smallest absolute Gasteiger partial charge is 0.237 e. The number of benzene rings is 2. The van der Waals surface area contributed by atoms with Gasteiger partial charge < -0.3 is 19.5 Å². The molecule has 1 aliphatic rings. The molecule has 4 aromatic rings. The van der Waals surface area contributed by atoms with Gasteiger partial charge in [-0.15, -0.1) is 0 Å². The lowest BCUT2D eigenvalue weighted by Gasteiger charge is -2.24. The van der Waals surface area contributed by atoms with Crippen molar-refractivity contribution in [2.24, 2.45) is 0 Å². The number of amides is 1. The van der Waals surface area contributed by atoms with Gasteiger partial charge in [-0.2, -0.15) is 4.98 Å². The van der Waals surface area contributed by atoms with E-state index in [1.165, 1.54) is 11.8 Å². The average Bonchev–Trinajstić information content (AvgIpc) is 2.95. The Morgan fingerprint density at radius 1 is 1.14 bits per heavy atom. The number of para-hydroxylation sites is 1. The van der Waals surface area contributed by atoms with Gasteiger partial charge in [0.2, 0.25) is 11.8 Å². The number of aromatic nitrogens is 3. The van der Waals surface area contributed by atoms with E-state index in [-0.39, 0.29) is 18.3 Å². The van der Waals surface area contributed by atoms with Crippen molar-refractivity contribution in [1.82, 2.24) is 15.0 Å². The molecule has 37 heavy (non-hydrogen) atoms. The standard InChI is InChI=1S/C28H26N4O4S/c1-17-25-22(19(15-33)14-29-17)13-23-27(36-25)30-26(18-8-7-11-21(12-18)35-3)31-28(23)37-16-24(34)32(2)20-9-5-4-6-10-20/h4-12,14,33H,13,15-16H2,1-3H3. The van der Waals surface area contributed by atoms with Gasteiger partial charge in [0.05, 0.1) is 30.7 Å². The summed E-state index contributed by atoms with van der Waals surface area (Å²) in [6.07, 6.45) is 2.13. The lowest BCUT2D eigenvalue weighted by Crippen LogP contribution is -2.28. The van der Waals surface area contributed by atoms with Crippen LogP contribution in [0, 0.1) is 6.92 Å². The monoisotopic (exact) mass is 514 g/mol. The van der Waals surface area contributed by atoms with Crippen molar-refractivity contribution in [3.63, 3.8) is 0 Å². The van der Waals surface area contributed by atoms with E-state index in [1.807, 2.05) is 61.5 Å². The molecule has 0 aliphatic carbocycles. The van der Waals surface area contributed by atoms with Gasteiger partial charge in [0, 0.05) is 42.0 Å². The number of anilines is 1.